The largest absolute Gasteiger partial charge is 0.387 e. The van der Waals surface area contributed by atoms with E-state index in [2.05, 4.69) is 32.9 Å². The summed E-state index contributed by atoms with van der Waals surface area (Å²) in [5.41, 5.74) is 1.41. The first-order valence-electron chi connectivity index (χ1n) is 3.06. The number of rotatable bonds is 2. The van der Waals surface area contributed by atoms with Crippen molar-refractivity contribution < 1.29 is 4.79 Å². The lowest BCUT2D eigenvalue weighted by atomic mass is 10.2. The Balaban J connectivity index is 3.16. The predicted molar refractivity (Wildman–Crippen MR) is 51.9 cm³/mol. The Hall–Kier alpha value is -0.650. The average Bonchev–Trinajstić information content (AvgIpc) is 2.04. The summed E-state index contributed by atoms with van der Waals surface area (Å²) in [6, 6.07) is 1.82. The Labute approximate surface area is 78.4 Å². The summed E-state index contributed by atoms with van der Waals surface area (Å²) >= 11 is 2.09. The second kappa shape index (κ2) is 3.66. The van der Waals surface area contributed by atoms with Crippen LogP contribution in [0.1, 0.15) is 10.4 Å². The van der Waals surface area contributed by atoms with Crippen molar-refractivity contribution in [1.29, 1.82) is 0 Å². The number of aromatic nitrogens is 1. The number of nitrogens with zero attached hydrogens (tertiary/aromatic N) is 1. The van der Waals surface area contributed by atoms with Crippen LogP contribution in [0.25, 0.3) is 0 Å². The van der Waals surface area contributed by atoms with Crippen molar-refractivity contribution in [3.63, 3.8) is 0 Å². The van der Waals surface area contributed by atoms with Crippen LogP contribution in [-0.2, 0) is 0 Å². The van der Waals surface area contributed by atoms with Crippen LogP contribution in [0.15, 0.2) is 12.3 Å². The Kier molecular flexibility index (Phi) is 2.81. The van der Waals surface area contributed by atoms with Crippen molar-refractivity contribution >= 4 is 34.6 Å². The molecule has 0 spiro atoms. The normalized spacial score (nSPS) is 9.27. The lowest BCUT2D eigenvalue weighted by molar-refractivity contribution is 0.112. The van der Waals surface area contributed by atoms with Gasteiger partial charge in [-0.25, -0.2) is 4.98 Å². The van der Waals surface area contributed by atoms with Crippen molar-refractivity contribution in [2.45, 2.75) is 0 Å². The van der Waals surface area contributed by atoms with Crippen molar-refractivity contribution in [2.24, 2.45) is 0 Å². The van der Waals surface area contributed by atoms with Crippen molar-refractivity contribution in [3.05, 3.63) is 21.5 Å². The molecular weight excluding hydrogens is 255 g/mol. The maximum absolute atomic E-state index is 10.4. The van der Waals surface area contributed by atoms with Gasteiger partial charge in [0, 0.05) is 18.9 Å². The van der Waals surface area contributed by atoms with Gasteiger partial charge in [-0.05, 0) is 28.7 Å². The van der Waals surface area contributed by atoms with Gasteiger partial charge >= 0.3 is 0 Å². The predicted octanol–water partition coefficient (Wildman–Crippen LogP) is 1.54. The van der Waals surface area contributed by atoms with Gasteiger partial charge in [-0.2, -0.15) is 0 Å². The molecule has 0 saturated carbocycles. The topological polar surface area (TPSA) is 42.0 Å². The van der Waals surface area contributed by atoms with E-state index in [1.165, 1.54) is 0 Å². The fourth-order valence-corrected chi connectivity index (χ4v) is 1.20. The van der Waals surface area contributed by atoms with Crippen LogP contribution in [0.4, 0.5) is 5.69 Å². The Bertz CT molecular complexity index is 275. The number of hydrogen-bond donors (Lipinski definition) is 1. The second-order valence-corrected chi connectivity index (χ2v) is 3.07. The average molecular weight is 262 g/mol. The summed E-state index contributed by atoms with van der Waals surface area (Å²) in [6.45, 7) is 0. The highest BCUT2D eigenvalue weighted by atomic mass is 127. The molecule has 0 aromatic carbocycles. The zero-order chi connectivity index (χ0) is 8.27. The van der Waals surface area contributed by atoms with E-state index in [9.17, 15) is 4.79 Å². The number of hydrogen-bond acceptors (Lipinski definition) is 3. The summed E-state index contributed by atoms with van der Waals surface area (Å²) in [5, 5.41) is 2.91. The van der Waals surface area contributed by atoms with E-state index in [0.29, 0.717) is 5.56 Å². The first kappa shape index (κ1) is 8.45. The van der Waals surface area contributed by atoms with Gasteiger partial charge in [0.15, 0.2) is 6.29 Å². The number of anilines is 1. The quantitative estimate of drug-likeness (QED) is 0.499. The zero-order valence-electron chi connectivity index (χ0n) is 5.97. The molecule has 1 aromatic rings. The number of carbonyl (C=O) groups excluding carboxylic acids is 1. The molecule has 0 bridgehead atoms. The van der Waals surface area contributed by atoms with Gasteiger partial charge in [-0.3, -0.25) is 4.79 Å². The van der Waals surface area contributed by atoms with Crippen LogP contribution in [0.2, 0.25) is 0 Å². The van der Waals surface area contributed by atoms with E-state index in [4.69, 9.17) is 0 Å². The SMILES string of the molecule is CNc1cc(I)ncc1C=O. The molecule has 0 atom stereocenters. The molecule has 0 aliphatic rings. The standard InChI is InChI=1S/C7H7IN2O/c1-9-6-2-7(8)10-3-5(6)4-11/h2-4H,1H3,(H,9,10). The lowest BCUT2D eigenvalue weighted by Gasteiger charge is -2.02. The van der Waals surface area contributed by atoms with Gasteiger partial charge in [0.25, 0.3) is 0 Å². The molecule has 0 fully saturated rings. The van der Waals surface area contributed by atoms with E-state index < -0.39 is 0 Å². The molecule has 58 valence electrons. The van der Waals surface area contributed by atoms with Crippen LogP contribution in [0.3, 0.4) is 0 Å². The third-order valence-electron chi connectivity index (χ3n) is 1.30. The van der Waals surface area contributed by atoms with Crippen LogP contribution in [0.5, 0.6) is 0 Å². The summed E-state index contributed by atoms with van der Waals surface area (Å²) in [5.74, 6) is 0. The Morgan fingerprint density at radius 2 is 2.45 bits per heavy atom. The molecule has 0 amide bonds. The second-order valence-electron chi connectivity index (χ2n) is 1.96. The van der Waals surface area contributed by atoms with Gasteiger partial charge in [0.2, 0.25) is 0 Å². The molecule has 0 radical (unpaired) electrons. The maximum Gasteiger partial charge on any atom is 0.153 e. The monoisotopic (exact) mass is 262 g/mol. The number of pyridine rings is 1. The van der Waals surface area contributed by atoms with Crippen molar-refractivity contribution in [3.8, 4) is 0 Å². The maximum atomic E-state index is 10.4. The van der Waals surface area contributed by atoms with E-state index in [-0.39, 0.29) is 0 Å². The fourth-order valence-electron chi connectivity index (χ4n) is 0.751. The van der Waals surface area contributed by atoms with E-state index in [0.717, 1.165) is 15.7 Å². The first-order chi connectivity index (χ1) is 5.27. The molecule has 1 aromatic heterocycles. The number of halogens is 1. The molecule has 11 heavy (non-hydrogen) atoms. The fraction of sp³-hybridized carbons (Fsp3) is 0.143. The molecule has 1 heterocycles. The van der Waals surface area contributed by atoms with E-state index in [1.807, 2.05) is 6.07 Å². The number of nitrogens with one attached hydrogen (secondary N) is 1. The van der Waals surface area contributed by atoms with Crippen LogP contribution >= 0.6 is 22.6 Å². The Morgan fingerprint density at radius 1 is 1.73 bits per heavy atom. The summed E-state index contributed by atoms with van der Waals surface area (Å²) in [4.78, 5) is 14.4. The third-order valence-corrected chi connectivity index (χ3v) is 1.89. The molecule has 0 unspecified atom stereocenters. The van der Waals surface area contributed by atoms with Crippen LogP contribution in [-0.4, -0.2) is 18.3 Å². The minimum atomic E-state index is 0.591. The van der Waals surface area contributed by atoms with E-state index in [1.54, 1.807) is 13.2 Å². The highest BCUT2D eigenvalue weighted by Gasteiger charge is 1.99. The molecule has 0 aliphatic carbocycles. The molecule has 1 N–H and O–H groups in total. The van der Waals surface area contributed by atoms with Gasteiger partial charge in [0.05, 0.1) is 5.56 Å². The van der Waals surface area contributed by atoms with E-state index >= 15 is 0 Å². The van der Waals surface area contributed by atoms with Crippen molar-refractivity contribution in [2.75, 3.05) is 12.4 Å². The lowest BCUT2D eigenvalue weighted by Crippen LogP contribution is -1.96. The Morgan fingerprint density at radius 3 is 3.00 bits per heavy atom. The number of aldehydes is 1. The minimum absolute atomic E-state index is 0.591. The summed E-state index contributed by atoms with van der Waals surface area (Å²) < 4.78 is 0.873. The van der Waals surface area contributed by atoms with Crippen molar-refractivity contribution in [1.82, 2.24) is 4.98 Å². The molecule has 0 saturated heterocycles. The molecule has 1 rings (SSSR count). The molecule has 0 aliphatic heterocycles. The summed E-state index contributed by atoms with van der Waals surface area (Å²) in [7, 11) is 1.78. The van der Waals surface area contributed by atoms with Gasteiger partial charge in [-0.15, -0.1) is 0 Å². The number of carbonyl (C=O) groups is 1. The highest BCUT2D eigenvalue weighted by molar-refractivity contribution is 14.1. The molecule has 3 nitrogen and oxygen atoms in total. The zero-order valence-corrected chi connectivity index (χ0v) is 8.12. The van der Waals surface area contributed by atoms with Gasteiger partial charge in [0.1, 0.15) is 3.70 Å². The van der Waals surface area contributed by atoms with Crippen LogP contribution < -0.4 is 5.32 Å². The van der Waals surface area contributed by atoms with Gasteiger partial charge in [-0.1, -0.05) is 0 Å². The third kappa shape index (κ3) is 1.89. The smallest absolute Gasteiger partial charge is 0.153 e. The molecular formula is C7H7IN2O. The van der Waals surface area contributed by atoms with Crippen LogP contribution in [0, 0.1) is 3.70 Å². The first-order valence-corrected chi connectivity index (χ1v) is 4.14. The molecule has 4 heteroatoms. The minimum Gasteiger partial charge on any atom is -0.387 e. The highest BCUT2D eigenvalue weighted by Crippen LogP contribution is 2.13. The summed E-state index contributed by atoms with van der Waals surface area (Å²) in [6.07, 6.45) is 2.34. The van der Waals surface area contributed by atoms with Gasteiger partial charge < -0.3 is 5.32 Å².